The summed E-state index contributed by atoms with van der Waals surface area (Å²) in [5.41, 5.74) is 0.732. The molecule has 0 aliphatic carbocycles. The van der Waals surface area contributed by atoms with E-state index in [-0.39, 0.29) is 18.0 Å². The summed E-state index contributed by atoms with van der Waals surface area (Å²) < 4.78 is 41.2. The summed E-state index contributed by atoms with van der Waals surface area (Å²) in [6.45, 7) is -1.31. The van der Waals surface area contributed by atoms with Crippen LogP contribution in [0.4, 0.5) is 13.2 Å². The van der Waals surface area contributed by atoms with Crippen molar-refractivity contribution in [3.63, 3.8) is 0 Å². The average Bonchev–Trinajstić information content (AvgIpc) is 2.52. The van der Waals surface area contributed by atoms with Crippen LogP contribution in [0.5, 0.6) is 5.88 Å². The van der Waals surface area contributed by atoms with E-state index in [1.807, 2.05) is 0 Å². The van der Waals surface area contributed by atoms with E-state index in [9.17, 15) is 18.0 Å². The van der Waals surface area contributed by atoms with Gasteiger partial charge in [-0.15, -0.1) is 0 Å². The summed E-state index contributed by atoms with van der Waals surface area (Å²) in [5.74, 6) is -0.941. The van der Waals surface area contributed by atoms with Crippen LogP contribution < -0.4 is 10.1 Å². The Bertz CT molecular complexity index is 675. The molecular formula is C15H12ClF3N2O2. The summed E-state index contributed by atoms with van der Waals surface area (Å²) >= 11 is 5.76. The molecule has 0 saturated carbocycles. The molecule has 0 saturated heterocycles. The van der Waals surface area contributed by atoms with Gasteiger partial charge in [-0.25, -0.2) is 4.98 Å². The number of hydrogen-bond donors (Lipinski definition) is 1. The fourth-order valence-electron chi connectivity index (χ4n) is 1.71. The smallest absolute Gasteiger partial charge is 0.422 e. The Morgan fingerprint density at radius 3 is 2.57 bits per heavy atom. The molecule has 0 aliphatic heterocycles. The van der Waals surface area contributed by atoms with Crippen LogP contribution in [0.3, 0.4) is 0 Å². The molecule has 0 bridgehead atoms. The zero-order valence-corrected chi connectivity index (χ0v) is 12.5. The maximum Gasteiger partial charge on any atom is 0.422 e. The van der Waals surface area contributed by atoms with Gasteiger partial charge in [0.25, 0.3) is 5.91 Å². The summed E-state index contributed by atoms with van der Waals surface area (Å²) in [5, 5.41) is 3.15. The highest BCUT2D eigenvalue weighted by Gasteiger charge is 2.29. The molecule has 2 aromatic rings. The van der Waals surface area contributed by atoms with Crippen molar-refractivity contribution in [1.29, 1.82) is 0 Å². The zero-order valence-electron chi connectivity index (χ0n) is 11.7. The monoisotopic (exact) mass is 344 g/mol. The predicted octanol–water partition coefficient (Wildman–Crippen LogP) is 3.61. The third-order valence-corrected chi connectivity index (χ3v) is 3.01. The van der Waals surface area contributed by atoms with Crippen molar-refractivity contribution in [1.82, 2.24) is 10.3 Å². The number of rotatable bonds is 5. The van der Waals surface area contributed by atoms with Crippen molar-refractivity contribution in [3.05, 3.63) is 58.7 Å². The third kappa shape index (κ3) is 5.45. The fraction of sp³-hybridized carbons (Fsp3) is 0.200. The van der Waals surface area contributed by atoms with Gasteiger partial charge in [0.15, 0.2) is 6.61 Å². The minimum absolute atomic E-state index is 0.0642. The van der Waals surface area contributed by atoms with Crippen LogP contribution in [0.15, 0.2) is 42.6 Å². The van der Waals surface area contributed by atoms with E-state index < -0.39 is 18.7 Å². The number of benzene rings is 1. The van der Waals surface area contributed by atoms with Gasteiger partial charge >= 0.3 is 6.18 Å². The van der Waals surface area contributed by atoms with Gasteiger partial charge in [0.2, 0.25) is 5.88 Å². The average molecular weight is 345 g/mol. The van der Waals surface area contributed by atoms with Gasteiger partial charge in [-0.2, -0.15) is 13.2 Å². The van der Waals surface area contributed by atoms with E-state index >= 15 is 0 Å². The quantitative estimate of drug-likeness (QED) is 0.901. The predicted molar refractivity (Wildman–Crippen MR) is 78.4 cm³/mol. The maximum absolute atomic E-state index is 12.2. The second-order valence-corrected chi connectivity index (χ2v) is 5.01. The number of aromatic nitrogens is 1. The zero-order chi connectivity index (χ0) is 16.9. The van der Waals surface area contributed by atoms with Crippen molar-refractivity contribution in [2.45, 2.75) is 12.7 Å². The Kier molecular flexibility index (Phi) is 5.44. The normalized spacial score (nSPS) is 11.1. The summed E-state index contributed by atoms with van der Waals surface area (Å²) in [7, 11) is 0. The number of pyridine rings is 1. The van der Waals surface area contributed by atoms with E-state index in [2.05, 4.69) is 15.0 Å². The lowest BCUT2D eigenvalue weighted by molar-refractivity contribution is -0.154. The lowest BCUT2D eigenvalue weighted by Gasteiger charge is -2.12. The van der Waals surface area contributed by atoms with Gasteiger partial charge in [0.1, 0.15) is 5.56 Å². The number of alkyl halides is 3. The van der Waals surface area contributed by atoms with Crippen molar-refractivity contribution >= 4 is 17.5 Å². The first-order chi connectivity index (χ1) is 10.8. The molecule has 0 radical (unpaired) electrons. The molecule has 2 rings (SSSR count). The number of ether oxygens (including phenoxy) is 1. The van der Waals surface area contributed by atoms with Crippen LogP contribution >= 0.6 is 11.6 Å². The molecule has 4 nitrogen and oxygen atoms in total. The number of nitrogens with zero attached hydrogens (tertiary/aromatic N) is 1. The van der Waals surface area contributed by atoms with Gasteiger partial charge in [0, 0.05) is 17.8 Å². The third-order valence-electron chi connectivity index (χ3n) is 2.75. The summed E-state index contributed by atoms with van der Waals surface area (Å²) in [6, 6.07) is 9.59. The second-order valence-electron chi connectivity index (χ2n) is 4.57. The SMILES string of the molecule is O=C(NCc1ccc(Cl)cc1)c1cccnc1OCC(F)(F)F. The Morgan fingerprint density at radius 2 is 1.91 bits per heavy atom. The van der Waals surface area contributed by atoms with E-state index in [1.165, 1.54) is 18.3 Å². The molecule has 1 amide bonds. The lowest BCUT2D eigenvalue weighted by atomic mass is 10.2. The molecule has 122 valence electrons. The first-order valence-electron chi connectivity index (χ1n) is 6.52. The van der Waals surface area contributed by atoms with Crippen molar-refractivity contribution in [3.8, 4) is 5.88 Å². The molecule has 1 N–H and O–H groups in total. The fourth-order valence-corrected chi connectivity index (χ4v) is 1.83. The van der Waals surface area contributed by atoms with Crippen LogP contribution in [0.1, 0.15) is 15.9 Å². The van der Waals surface area contributed by atoms with Crippen LogP contribution in [-0.2, 0) is 6.54 Å². The Morgan fingerprint density at radius 1 is 1.22 bits per heavy atom. The number of carbonyl (C=O) groups excluding carboxylic acids is 1. The van der Waals surface area contributed by atoms with Crippen molar-refractivity contribution in [2.24, 2.45) is 0 Å². The number of carbonyl (C=O) groups is 1. The standard InChI is InChI=1S/C15H12ClF3N2O2/c16-11-5-3-10(4-6-11)8-21-13(22)12-2-1-7-20-14(12)23-9-15(17,18)19/h1-7H,8-9H2,(H,21,22). The molecule has 0 fully saturated rings. The maximum atomic E-state index is 12.2. The Labute approximate surface area is 135 Å². The number of nitrogens with one attached hydrogen (secondary N) is 1. The minimum Gasteiger partial charge on any atom is -0.467 e. The van der Waals surface area contributed by atoms with E-state index in [1.54, 1.807) is 24.3 Å². The highest BCUT2D eigenvalue weighted by molar-refractivity contribution is 6.30. The second kappa shape index (κ2) is 7.32. The van der Waals surface area contributed by atoms with E-state index in [0.717, 1.165) is 5.56 Å². The van der Waals surface area contributed by atoms with Crippen LogP contribution in [-0.4, -0.2) is 23.7 Å². The molecule has 8 heteroatoms. The molecule has 0 spiro atoms. The Balaban J connectivity index is 2.02. The molecule has 0 aliphatic rings. The van der Waals surface area contributed by atoms with Gasteiger partial charge in [-0.05, 0) is 29.8 Å². The highest BCUT2D eigenvalue weighted by atomic mass is 35.5. The van der Waals surface area contributed by atoms with Gasteiger partial charge < -0.3 is 10.1 Å². The molecular weight excluding hydrogens is 333 g/mol. The largest absolute Gasteiger partial charge is 0.467 e. The minimum atomic E-state index is -4.51. The first kappa shape index (κ1) is 17.1. The van der Waals surface area contributed by atoms with Crippen molar-refractivity contribution < 1.29 is 22.7 Å². The number of hydrogen-bond acceptors (Lipinski definition) is 3. The highest BCUT2D eigenvalue weighted by Crippen LogP contribution is 2.20. The number of amides is 1. The molecule has 0 unspecified atom stereocenters. The van der Waals surface area contributed by atoms with Crippen molar-refractivity contribution in [2.75, 3.05) is 6.61 Å². The molecule has 23 heavy (non-hydrogen) atoms. The van der Waals surface area contributed by atoms with Crippen LogP contribution in [0, 0.1) is 0 Å². The van der Waals surface area contributed by atoms with E-state index in [0.29, 0.717) is 5.02 Å². The summed E-state index contributed by atoms with van der Waals surface area (Å²) in [4.78, 5) is 15.8. The van der Waals surface area contributed by atoms with Crippen LogP contribution in [0.25, 0.3) is 0 Å². The van der Waals surface area contributed by atoms with E-state index in [4.69, 9.17) is 11.6 Å². The molecule has 0 atom stereocenters. The van der Waals surface area contributed by atoms with Gasteiger partial charge in [0.05, 0.1) is 0 Å². The Hall–Kier alpha value is -2.28. The lowest BCUT2D eigenvalue weighted by Crippen LogP contribution is -2.25. The molecule has 1 heterocycles. The first-order valence-corrected chi connectivity index (χ1v) is 6.90. The molecule has 1 aromatic heterocycles. The van der Waals surface area contributed by atoms with Gasteiger partial charge in [-0.3, -0.25) is 4.79 Å². The topological polar surface area (TPSA) is 51.2 Å². The summed E-state index contributed by atoms with van der Waals surface area (Å²) in [6.07, 6.45) is -3.25. The molecule has 1 aromatic carbocycles. The number of halogens is 4. The van der Waals surface area contributed by atoms with Crippen LogP contribution in [0.2, 0.25) is 5.02 Å². The van der Waals surface area contributed by atoms with Gasteiger partial charge in [-0.1, -0.05) is 23.7 Å².